The van der Waals surface area contributed by atoms with Crippen LogP contribution in [0.5, 0.6) is 0 Å². The van der Waals surface area contributed by atoms with Crippen LogP contribution in [-0.4, -0.2) is 23.8 Å². The summed E-state index contributed by atoms with van der Waals surface area (Å²) in [6.07, 6.45) is 2.34. The summed E-state index contributed by atoms with van der Waals surface area (Å²) in [5.41, 5.74) is 0.481. The van der Waals surface area contributed by atoms with Crippen molar-refractivity contribution in [2.24, 2.45) is 0 Å². The molecule has 0 spiro atoms. The third kappa shape index (κ3) is 2.89. The molecule has 1 aromatic carbocycles. The van der Waals surface area contributed by atoms with Crippen LogP contribution in [-0.2, 0) is 6.42 Å². The van der Waals surface area contributed by atoms with Gasteiger partial charge in [0.1, 0.15) is 0 Å². The second-order valence-corrected chi connectivity index (χ2v) is 5.23. The first-order chi connectivity index (χ1) is 7.59. The summed E-state index contributed by atoms with van der Waals surface area (Å²) in [4.78, 5) is 0. The van der Waals surface area contributed by atoms with Crippen LogP contribution in [0.1, 0.15) is 18.4 Å². The predicted molar refractivity (Wildman–Crippen MR) is 67.2 cm³/mol. The molecule has 1 aliphatic rings. The van der Waals surface area contributed by atoms with E-state index in [1.54, 1.807) is 6.07 Å². The fourth-order valence-corrected chi connectivity index (χ4v) is 2.54. The van der Waals surface area contributed by atoms with E-state index >= 15 is 0 Å². The highest BCUT2D eigenvalue weighted by molar-refractivity contribution is 6.35. The van der Waals surface area contributed by atoms with Crippen LogP contribution in [0, 0.1) is 0 Å². The molecular weight excluding hydrogens is 245 g/mol. The maximum Gasteiger partial charge on any atom is 0.0786 e. The lowest BCUT2D eigenvalue weighted by molar-refractivity contribution is 0.0527. The Balaban J connectivity index is 1.99. The molecule has 1 fully saturated rings. The number of nitrogens with one attached hydrogen (secondary N) is 1. The lowest BCUT2D eigenvalue weighted by atomic mass is 9.94. The maximum atomic E-state index is 10.2. The Morgan fingerprint density at radius 3 is 2.81 bits per heavy atom. The van der Waals surface area contributed by atoms with Gasteiger partial charge in [-0.3, -0.25) is 0 Å². The van der Waals surface area contributed by atoms with Crippen molar-refractivity contribution in [3.63, 3.8) is 0 Å². The quantitative estimate of drug-likeness (QED) is 0.875. The van der Waals surface area contributed by atoms with Crippen LogP contribution in [0.2, 0.25) is 10.0 Å². The van der Waals surface area contributed by atoms with Crippen molar-refractivity contribution < 1.29 is 5.11 Å². The van der Waals surface area contributed by atoms with E-state index in [1.807, 2.05) is 12.1 Å². The molecule has 1 unspecified atom stereocenters. The fraction of sp³-hybridized carbons (Fsp3) is 0.500. The van der Waals surface area contributed by atoms with E-state index in [4.69, 9.17) is 23.2 Å². The molecule has 4 heteroatoms. The van der Waals surface area contributed by atoms with Gasteiger partial charge in [-0.1, -0.05) is 29.3 Å². The minimum atomic E-state index is -0.567. The van der Waals surface area contributed by atoms with Gasteiger partial charge in [-0.15, -0.1) is 0 Å². The first-order valence-corrected chi connectivity index (χ1v) is 6.22. The van der Waals surface area contributed by atoms with E-state index in [0.717, 1.165) is 31.4 Å². The molecule has 1 atom stereocenters. The largest absolute Gasteiger partial charge is 0.389 e. The summed E-state index contributed by atoms with van der Waals surface area (Å²) in [5.74, 6) is 0. The van der Waals surface area contributed by atoms with Gasteiger partial charge in [0.15, 0.2) is 0 Å². The number of β-amino-alcohol motifs (C(OH)–C–C–N with tert-alkyl or cyclic N) is 1. The number of rotatable bonds is 3. The number of halogens is 2. The molecule has 0 amide bonds. The van der Waals surface area contributed by atoms with Crippen LogP contribution >= 0.6 is 23.2 Å². The topological polar surface area (TPSA) is 32.3 Å². The lowest BCUT2D eigenvalue weighted by Gasteiger charge is -2.21. The minimum Gasteiger partial charge on any atom is -0.389 e. The molecule has 1 aromatic rings. The molecule has 1 saturated heterocycles. The van der Waals surface area contributed by atoms with Crippen molar-refractivity contribution >= 4 is 23.2 Å². The summed E-state index contributed by atoms with van der Waals surface area (Å²) < 4.78 is 0. The molecular formula is C12H15Cl2NO. The number of aryl methyl sites for hydroxylation is 1. The van der Waals surface area contributed by atoms with E-state index in [-0.39, 0.29) is 0 Å². The van der Waals surface area contributed by atoms with E-state index in [0.29, 0.717) is 16.6 Å². The molecule has 2 nitrogen and oxygen atoms in total. The second kappa shape index (κ2) is 4.92. The van der Waals surface area contributed by atoms with Crippen LogP contribution < -0.4 is 5.32 Å². The smallest absolute Gasteiger partial charge is 0.0786 e. The van der Waals surface area contributed by atoms with Crippen molar-refractivity contribution in [3.8, 4) is 0 Å². The summed E-state index contributed by atoms with van der Waals surface area (Å²) in [6.45, 7) is 1.57. The Hall–Kier alpha value is -0.280. The number of hydrogen-bond acceptors (Lipinski definition) is 2. The van der Waals surface area contributed by atoms with Crippen LogP contribution in [0.3, 0.4) is 0 Å². The molecule has 2 rings (SSSR count). The van der Waals surface area contributed by atoms with Crippen molar-refractivity contribution in [2.45, 2.75) is 24.9 Å². The molecule has 1 aliphatic heterocycles. The third-order valence-electron chi connectivity index (χ3n) is 3.10. The molecule has 88 valence electrons. The minimum absolute atomic E-state index is 0.567. The zero-order chi connectivity index (χ0) is 11.6. The predicted octanol–water partition coefficient (Wildman–Crippen LogP) is 2.65. The average Bonchev–Trinajstić information content (AvgIpc) is 2.64. The molecule has 1 heterocycles. The summed E-state index contributed by atoms with van der Waals surface area (Å²) in [7, 11) is 0. The number of benzene rings is 1. The Bertz CT molecular complexity index is 375. The van der Waals surface area contributed by atoms with Gasteiger partial charge in [0.25, 0.3) is 0 Å². The van der Waals surface area contributed by atoms with E-state index in [1.165, 1.54) is 0 Å². The van der Waals surface area contributed by atoms with Gasteiger partial charge in [-0.25, -0.2) is 0 Å². The van der Waals surface area contributed by atoms with Crippen LogP contribution in [0.15, 0.2) is 18.2 Å². The monoisotopic (exact) mass is 259 g/mol. The molecule has 0 radical (unpaired) electrons. The fourth-order valence-electron chi connectivity index (χ4n) is 2.04. The van der Waals surface area contributed by atoms with Gasteiger partial charge in [-0.2, -0.15) is 0 Å². The molecule has 2 N–H and O–H groups in total. The van der Waals surface area contributed by atoms with E-state index in [9.17, 15) is 5.11 Å². The Morgan fingerprint density at radius 2 is 2.19 bits per heavy atom. The molecule has 16 heavy (non-hydrogen) atoms. The molecule has 0 aliphatic carbocycles. The highest BCUT2D eigenvalue weighted by Crippen LogP contribution is 2.26. The summed E-state index contributed by atoms with van der Waals surface area (Å²) in [6, 6.07) is 5.51. The molecule has 0 aromatic heterocycles. The Labute approximate surface area is 106 Å². The second-order valence-electron chi connectivity index (χ2n) is 4.39. The normalized spacial score (nSPS) is 24.9. The van der Waals surface area contributed by atoms with Gasteiger partial charge in [0.05, 0.1) is 5.60 Å². The first kappa shape index (κ1) is 12.2. The van der Waals surface area contributed by atoms with Gasteiger partial charge in [-0.05, 0) is 43.5 Å². The van der Waals surface area contributed by atoms with Crippen molar-refractivity contribution in [3.05, 3.63) is 33.8 Å². The van der Waals surface area contributed by atoms with E-state index < -0.39 is 5.60 Å². The average molecular weight is 260 g/mol. The first-order valence-electron chi connectivity index (χ1n) is 5.46. The van der Waals surface area contributed by atoms with Gasteiger partial charge in [0.2, 0.25) is 0 Å². The van der Waals surface area contributed by atoms with Crippen molar-refractivity contribution in [1.29, 1.82) is 0 Å². The maximum absolute atomic E-state index is 10.2. The van der Waals surface area contributed by atoms with Crippen molar-refractivity contribution in [1.82, 2.24) is 5.32 Å². The molecule has 0 bridgehead atoms. The third-order valence-corrected chi connectivity index (χ3v) is 3.68. The number of hydrogen-bond donors (Lipinski definition) is 2. The van der Waals surface area contributed by atoms with E-state index in [2.05, 4.69) is 5.32 Å². The summed E-state index contributed by atoms with van der Waals surface area (Å²) in [5, 5.41) is 14.7. The van der Waals surface area contributed by atoms with Crippen molar-refractivity contribution in [2.75, 3.05) is 13.1 Å². The van der Waals surface area contributed by atoms with Gasteiger partial charge < -0.3 is 10.4 Å². The highest BCUT2D eigenvalue weighted by Gasteiger charge is 2.30. The Morgan fingerprint density at radius 1 is 1.38 bits per heavy atom. The van der Waals surface area contributed by atoms with Crippen LogP contribution in [0.25, 0.3) is 0 Å². The zero-order valence-corrected chi connectivity index (χ0v) is 10.5. The van der Waals surface area contributed by atoms with Gasteiger partial charge in [0, 0.05) is 16.6 Å². The SMILES string of the molecule is OC1(CCc2ccc(Cl)cc2Cl)CCNC1. The van der Waals surface area contributed by atoms with Gasteiger partial charge >= 0.3 is 0 Å². The Kier molecular flexibility index (Phi) is 3.75. The summed E-state index contributed by atoms with van der Waals surface area (Å²) >= 11 is 11.9. The standard InChI is InChI=1S/C12H15Cl2NO/c13-10-2-1-9(11(14)7-10)3-4-12(16)5-6-15-8-12/h1-2,7,15-16H,3-6,8H2. The zero-order valence-electron chi connectivity index (χ0n) is 8.97. The highest BCUT2D eigenvalue weighted by atomic mass is 35.5. The number of aliphatic hydroxyl groups is 1. The lowest BCUT2D eigenvalue weighted by Crippen LogP contribution is -2.31. The molecule has 0 saturated carbocycles. The van der Waals surface area contributed by atoms with Crippen LogP contribution in [0.4, 0.5) is 0 Å².